The van der Waals surface area contributed by atoms with Crippen molar-refractivity contribution in [3.63, 3.8) is 0 Å². The van der Waals surface area contributed by atoms with Crippen LogP contribution in [0, 0.1) is 25.2 Å². The summed E-state index contributed by atoms with van der Waals surface area (Å²) < 4.78 is 18.5. The standard InChI is InChI=1S/C36H40BrClN4O5/c1-4-36(22-43,23-44)42-19-28-14-31(38)35(15-34(28)46-20-27-13-26(16-39)17-40-18-27)47-21-32-24(2)30(9-11-41-32)29-7-5-8-33(25(29)3)45-12-6-10-37/h5,7-9,11,13-15,17-18,42-44H,4,6,10,12,19-23H2,1-3H3. The minimum atomic E-state index is -0.865. The molecule has 2 heterocycles. The average Bonchev–Trinajstić information content (AvgIpc) is 3.09. The van der Waals surface area contributed by atoms with Gasteiger partial charge in [-0.25, -0.2) is 0 Å². The number of aliphatic hydroxyl groups is 2. The molecule has 3 N–H and O–H groups in total. The highest BCUT2D eigenvalue weighted by atomic mass is 79.9. The predicted molar refractivity (Wildman–Crippen MR) is 186 cm³/mol. The van der Waals surface area contributed by atoms with Crippen LogP contribution in [0.2, 0.25) is 5.02 Å². The molecule has 4 rings (SSSR count). The quantitative estimate of drug-likeness (QED) is 0.0793. The van der Waals surface area contributed by atoms with Gasteiger partial charge in [-0.05, 0) is 73.2 Å². The first-order valence-corrected chi connectivity index (χ1v) is 16.9. The zero-order chi connectivity index (χ0) is 33.8. The molecule has 0 aliphatic rings. The molecule has 0 aliphatic heterocycles. The Bertz CT molecular complexity index is 1680. The summed E-state index contributed by atoms with van der Waals surface area (Å²) in [6.45, 7) is 6.71. The molecule has 0 fully saturated rings. The second kappa shape index (κ2) is 17.4. The predicted octanol–water partition coefficient (Wildman–Crippen LogP) is 6.83. The molecule has 0 amide bonds. The average molecular weight is 724 g/mol. The fraction of sp³-hybridized carbons (Fsp3) is 0.361. The third-order valence-corrected chi connectivity index (χ3v) is 9.01. The number of benzene rings is 2. The molecule has 0 saturated carbocycles. The van der Waals surface area contributed by atoms with Gasteiger partial charge in [-0.1, -0.05) is 46.6 Å². The number of halogens is 2. The summed E-state index contributed by atoms with van der Waals surface area (Å²) in [5, 5.41) is 33.7. The van der Waals surface area contributed by atoms with Crippen LogP contribution in [0.3, 0.4) is 0 Å². The molecule has 4 aromatic rings. The number of pyridine rings is 2. The van der Waals surface area contributed by atoms with Crippen molar-refractivity contribution in [3.8, 4) is 34.4 Å². The van der Waals surface area contributed by atoms with Gasteiger partial charge in [-0.2, -0.15) is 5.26 Å². The monoisotopic (exact) mass is 722 g/mol. The first-order chi connectivity index (χ1) is 22.8. The number of rotatable bonds is 17. The second-order valence-electron chi connectivity index (χ2n) is 11.2. The number of aromatic nitrogens is 2. The number of ether oxygens (including phenoxy) is 3. The molecule has 0 bridgehead atoms. The van der Waals surface area contributed by atoms with E-state index in [4.69, 9.17) is 25.8 Å². The summed E-state index contributed by atoms with van der Waals surface area (Å²) in [6, 6.07) is 15.3. The van der Waals surface area contributed by atoms with Crippen LogP contribution in [-0.4, -0.2) is 50.9 Å². The van der Waals surface area contributed by atoms with Gasteiger partial charge in [-0.3, -0.25) is 9.97 Å². The van der Waals surface area contributed by atoms with E-state index in [1.807, 2.05) is 32.0 Å². The van der Waals surface area contributed by atoms with Crippen LogP contribution in [0.25, 0.3) is 11.1 Å². The highest BCUT2D eigenvalue weighted by Crippen LogP contribution is 2.36. The topological polar surface area (TPSA) is 130 Å². The highest BCUT2D eigenvalue weighted by molar-refractivity contribution is 9.09. The summed E-state index contributed by atoms with van der Waals surface area (Å²) in [6.07, 6.45) is 6.33. The van der Waals surface area contributed by atoms with Gasteiger partial charge in [0.25, 0.3) is 0 Å². The molecule has 9 nitrogen and oxygen atoms in total. The summed E-state index contributed by atoms with van der Waals surface area (Å²) in [4.78, 5) is 8.73. The summed E-state index contributed by atoms with van der Waals surface area (Å²) in [5.74, 6) is 1.76. The van der Waals surface area contributed by atoms with Crippen LogP contribution in [0.5, 0.6) is 17.2 Å². The van der Waals surface area contributed by atoms with Crippen molar-refractivity contribution in [2.45, 2.75) is 58.9 Å². The number of hydrogen-bond donors (Lipinski definition) is 3. The number of nitrogens with zero attached hydrogens (tertiary/aromatic N) is 3. The Morgan fingerprint density at radius 2 is 1.72 bits per heavy atom. The lowest BCUT2D eigenvalue weighted by molar-refractivity contribution is 0.0861. The fourth-order valence-corrected chi connectivity index (χ4v) is 5.47. The van der Waals surface area contributed by atoms with Gasteiger partial charge in [0.2, 0.25) is 0 Å². The number of aliphatic hydroxyl groups excluding tert-OH is 2. The van der Waals surface area contributed by atoms with E-state index in [9.17, 15) is 15.5 Å². The lowest BCUT2D eigenvalue weighted by atomic mass is 9.96. The smallest absolute Gasteiger partial charge is 0.142 e. The molecule has 248 valence electrons. The number of hydrogen-bond acceptors (Lipinski definition) is 9. The molecule has 11 heteroatoms. The van der Waals surface area contributed by atoms with E-state index < -0.39 is 5.54 Å². The van der Waals surface area contributed by atoms with Crippen molar-refractivity contribution >= 4 is 27.5 Å². The minimum absolute atomic E-state index is 0.149. The van der Waals surface area contributed by atoms with Gasteiger partial charge in [0.05, 0.1) is 41.6 Å². The van der Waals surface area contributed by atoms with Gasteiger partial charge in [0, 0.05) is 47.7 Å². The summed E-state index contributed by atoms with van der Waals surface area (Å²) in [5.41, 5.74) is 5.90. The molecule has 0 aliphatic carbocycles. The first kappa shape index (κ1) is 36.1. The Labute approximate surface area is 289 Å². The molecule has 0 unspecified atom stereocenters. The maximum Gasteiger partial charge on any atom is 0.142 e. The van der Waals surface area contributed by atoms with Gasteiger partial charge in [0.15, 0.2) is 0 Å². The van der Waals surface area contributed by atoms with Crippen molar-refractivity contribution in [3.05, 3.63) is 99.6 Å². The highest BCUT2D eigenvalue weighted by Gasteiger charge is 2.26. The zero-order valence-corrected chi connectivity index (χ0v) is 29.2. The Balaban J connectivity index is 1.59. The Kier molecular flexibility index (Phi) is 13.4. The van der Waals surface area contributed by atoms with Crippen LogP contribution < -0.4 is 19.5 Å². The molecule has 0 saturated heterocycles. The van der Waals surface area contributed by atoms with Crippen molar-refractivity contribution in [2.24, 2.45) is 0 Å². The van der Waals surface area contributed by atoms with Crippen LogP contribution in [0.4, 0.5) is 0 Å². The lowest BCUT2D eigenvalue weighted by Gasteiger charge is -2.30. The Morgan fingerprint density at radius 1 is 0.957 bits per heavy atom. The number of nitriles is 1. The summed E-state index contributed by atoms with van der Waals surface area (Å²) >= 11 is 10.2. The van der Waals surface area contributed by atoms with E-state index in [-0.39, 0.29) is 33.0 Å². The normalized spacial score (nSPS) is 11.3. The molecule has 2 aromatic heterocycles. The van der Waals surface area contributed by atoms with Crippen molar-refractivity contribution in [1.29, 1.82) is 5.26 Å². The first-order valence-electron chi connectivity index (χ1n) is 15.4. The van der Waals surface area contributed by atoms with E-state index >= 15 is 0 Å². The summed E-state index contributed by atoms with van der Waals surface area (Å²) in [7, 11) is 0. The number of alkyl halides is 1. The Morgan fingerprint density at radius 3 is 2.45 bits per heavy atom. The van der Waals surface area contributed by atoms with E-state index in [0.717, 1.165) is 51.0 Å². The minimum Gasteiger partial charge on any atom is -0.493 e. The third-order valence-electron chi connectivity index (χ3n) is 8.15. The maximum absolute atomic E-state index is 9.94. The third kappa shape index (κ3) is 9.21. The SMILES string of the molecule is CCC(CO)(CO)NCc1cc(Cl)c(OCc2nccc(-c3cccc(OCCCBr)c3C)c2C)cc1OCc1cncc(C#N)c1. The van der Waals surface area contributed by atoms with Crippen LogP contribution in [0.1, 0.15) is 53.3 Å². The molecule has 47 heavy (non-hydrogen) atoms. The van der Waals surface area contributed by atoms with E-state index in [0.29, 0.717) is 40.7 Å². The Hall–Kier alpha value is -3.72. The van der Waals surface area contributed by atoms with Crippen LogP contribution in [0.15, 0.2) is 61.1 Å². The van der Waals surface area contributed by atoms with Gasteiger partial charge in [0.1, 0.15) is 36.5 Å². The molecule has 0 spiro atoms. The molecule has 2 aromatic carbocycles. The van der Waals surface area contributed by atoms with Gasteiger partial charge >= 0.3 is 0 Å². The van der Waals surface area contributed by atoms with Crippen molar-refractivity contribution in [2.75, 3.05) is 25.2 Å². The molecule has 0 radical (unpaired) electrons. The van der Waals surface area contributed by atoms with E-state index in [1.54, 1.807) is 30.6 Å². The van der Waals surface area contributed by atoms with Gasteiger partial charge < -0.3 is 29.7 Å². The van der Waals surface area contributed by atoms with Crippen molar-refractivity contribution in [1.82, 2.24) is 15.3 Å². The second-order valence-corrected chi connectivity index (χ2v) is 12.4. The molecular weight excluding hydrogens is 684 g/mol. The molecular formula is C36H40BrClN4O5. The maximum atomic E-state index is 9.94. The number of nitrogens with one attached hydrogen (secondary N) is 1. The van der Waals surface area contributed by atoms with Crippen LogP contribution in [-0.2, 0) is 19.8 Å². The fourth-order valence-electron chi connectivity index (χ4n) is 5.00. The lowest BCUT2D eigenvalue weighted by Crippen LogP contribution is -2.50. The van der Waals surface area contributed by atoms with Crippen LogP contribution >= 0.6 is 27.5 Å². The van der Waals surface area contributed by atoms with E-state index in [2.05, 4.69) is 50.3 Å². The molecule has 0 atom stereocenters. The van der Waals surface area contributed by atoms with Gasteiger partial charge in [-0.15, -0.1) is 0 Å². The largest absolute Gasteiger partial charge is 0.493 e. The van der Waals surface area contributed by atoms with E-state index in [1.165, 1.54) is 6.20 Å². The van der Waals surface area contributed by atoms with Crippen molar-refractivity contribution < 1.29 is 24.4 Å². The zero-order valence-electron chi connectivity index (χ0n) is 26.9.